The molecule has 5 nitrogen and oxygen atoms in total. The standard InChI is InChI=1S/C25H22N2O3S/c1-28-20-11-7-18(8-12-20)23-24(19-9-13-21(29-2)14-10-19)31-25(27-23)26-16-17-5-4-6-22(15-17)30-3/h4-16H,1-3H3. The van der Waals surface area contributed by atoms with Crippen LogP contribution in [0.1, 0.15) is 5.56 Å². The maximum absolute atomic E-state index is 5.30. The predicted molar refractivity (Wildman–Crippen MR) is 126 cm³/mol. The number of methoxy groups -OCH3 is 3. The Labute approximate surface area is 185 Å². The lowest BCUT2D eigenvalue weighted by atomic mass is 10.1. The molecule has 0 unspecified atom stereocenters. The SMILES string of the molecule is COc1ccc(-c2nc(N=Cc3cccc(OC)c3)sc2-c2ccc(OC)cc2)cc1. The molecule has 0 saturated carbocycles. The minimum absolute atomic E-state index is 0.680. The number of nitrogens with zero attached hydrogens (tertiary/aromatic N) is 2. The van der Waals surface area contributed by atoms with Gasteiger partial charge in [0.2, 0.25) is 5.13 Å². The van der Waals surface area contributed by atoms with E-state index in [0.717, 1.165) is 44.5 Å². The van der Waals surface area contributed by atoms with Crippen molar-refractivity contribution in [3.8, 4) is 38.9 Å². The summed E-state index contributed by atoms with van der Waals surface area (Å²) in [6.07, 6.45) is 1.80. The van der Waals surface area contributed by atoms with E-state index in [4.69, 9.17) is 19.2 Å². The van der Waals surface area contributed by atoms with Crippen LogP contribution in [0.3, 0.4) is 0 Å². The van der Waals surface area contributed by atoms with Crippen molar-refractivity contribution in [2.45, 2.75) is 0 Å². The van der Waals surface area contributed by atoms with Gasteiger partial charge in [0.05, 0.1) is 31.9 Å². The van der Waals surface area contributed by atoms with Crippen LogP contribution in [-0.4, -0.2) is 32.5 Å². The molecule has 0 N–H and O–H groups in total. The van der Waals surface area contributed by atoms with E-state index in [0.29, 0.717) is 5.13 Å². The van der Waals surface area contributed by atoms with Crippen molar-refractivity contribution in [2.24, 2.45) is 4.99 Å². The van der Waals surface area contributed by atoms with Gasteiger partial charge >= 0.3 is 0 Å². The Hall–Kier alpha value is -3.64. The lowest BCUT2D eigenvalue weighted by Gasteiger charge is -2.05. The topological polar surface area (TPSA) is 52.9 Å². The van der Waals surface area contributed by atoms with Crippen molar-refractivity contribution < 1.29 is 14.2 Å². The van der Waals surface area contributed by atoms with Gasteiger partial charge in [0.25, 0.3) is 0 Å². The molecular weight excluding hydrogens is 408 g/mol. The van der Waals surface area contributed by atoms with Gasteiger partial charge in [0.1, 0.15) is 17.2 Å². The van der Waals surface area contributed by atoms with Gasteiger partial charge in [-0.3, -0.25) is 0 Å². The Morgan fingerprint density at radius 2 is 1.35 bits per heavy atom. The first-order valence-corrected chi connectivity index (χ1v) is 10.5. The van der Waals surface area contributed by atoms with Crippen LogP contribution in [0.15, 0.2) is 77.8 Å². The molecule has 156 valence electrons. The van der Waals surface area contributed by atoms with Crippen LogP contribution in [0.5, 0.6) is 17.2 Å². The summed E-state index contributed by atoms with van der Waals surface area (Å²) in [7, 11) is 4.97. The zero-order chi connectivity index (χ0) is 21.6. The summed E-state index contributed by atoms with van der Waals surface area (Å²) in [4.78, 5) is 10.5. The minimum Gasteiger partial charge on any atom is -0.497 e. The third-order valence-corrected chi connectivity index (χ3v) is 5.76. The monoisotopic (exact) mass is 430 g/mol. The Morgan fingerprint density at radius 3 is 1.97 bits per heavy atom. The molecule has 3 aromatic carbocycles. The highest BCUT2D eigenvalue weighted by molar-refractivity contribution is 7.19. The Balaban J connectivity index is 1.74. The second-order valence-electron chi connectivity index (χ2n) is 6.67. The van der Waals surface area contributed by atoms with Crippen molar-refractivity contribution in [2.75, 3.05) is 21.3 Å². The van der Waals surface area contributed by atoms with Gasteiger partial charge in [0.15, 0.2) is 0 Å². The highest BCUT2D eigenvalue weighted by Crippen LogP contribution is 2.41. The number of aromatic nitrogens is 1. The largest absolute Gasteiger partial charge is 0.497 e. The third-order valence-electron chi connectivity index (χ3n) is 4.75. The van der Waals surface area contributed by atoms with E-state index in [-0.39, 0.29) is 0 Å². The normalized spacial score (nSPS) is 10.9. The zero-order valence-corrected chi connectivity index (χ0v) is 18.3. The van der Waals surface area contributed by atoms with E-state index >= 15 is 0 Å². The van der Waals surface area contributed by atoms with Crippen LogP contribution >= 0.6 is 11.3 Å². The average molecular weight is 431 g/mol. The number of hydrogen-bond acceptors (Lipinski definition) is 6. The molecule has 0 aliphatic heterocycles. The fourth-order valence-corrected chi connectivity index (χ4v) is 4.04. The molecule has 0 saturated heterocycles. The number of benzene rings is 3. The molecule has 0 spiro atoms. The lowest BCUT2D eigenvalue weighted by Crippen LogP contribution is -1.86. The first-order chi connectivity index (χ1) is 15.2. The molecule has 0 radical (unpaired) electrons. The molecule has 4 rings (SSSR count). The van der Waals surface area contributed by atoms with Crippen molar-refractivity contribution in [1.29, 1.82) is 0 Å². The average Bonchev–Trinajstić information content (AvgIpc) is 3.27. The molecule has 1 heterocycles. The van der Waals surface area contributed by atoms with E-state index < -0.39 is 0 Å². The van der Waals surface area contributed by atoms with Crippen LogP contribution in [0.4, 0.5) is 5.13 Å². The second kappa shape index (κ2) is 9.45. The number of ether oxygens (including phenoxy) is 3. The number of rotatable bonds is 7. The fourth-order valence-electron chi connectivity index (χ4n) is 3.10. The quantitative estimate of drug-likeness (QED) is 0.325. The third kappa shape index (κ3) is 4.75. The molecule has 0 amide bonds. The molecule has 4 aromatic rings. The van der Waals surface area contributed by atoms with Crippen LogP contribution < -0.4 is 14.2 Å². The summed E-state index contributed by atoms with van der Waals surface area (Å²) in [5.41, 5.74) is 3.90. The van der Waals surface area contributed by atoms with E-state index in [2.05, 4.69) is 4.99 Å². The Bertz CT molecular complexity index is 1120. The number of aliphatic imine (C=N–C) groups is 1. The molecule has 31 heavy (non-hydrogen) atoms. The van der Waals surface area contributed by atoms with E-state index in [1.54, 1.807) is 38.9 Å². The first kappa shape index (κ1) is 20.6. The van der Waals surface area contributed by atoms with E-state index in [1.165, 1.54) is 0 Å². The van der Waals surface area contributed by atoms with Gasteiger partial charge in [-0.1, -0.05) is 23.5 Å². The highest BCUT2D eigenvalue weighted by Gasteiger charge is 2.15. The van der Waals surface area contributed by atoms with Gasteiger partial charge in [0, 0.05) is 11.8 Å². The summed E-state index contributed by atoms with van der Waals surface area (Å²) in [5, 5.41) is 0.680. The Kier molecular flexibility index (Phi) is 6.29. The molecule has 6 heteroatoms. The number of hydrogen-bond donors (Lipinski definition) is 0. The van der Waals surface area contributed by atoms with Gasteiger partial charge < -0.3 is 14.2 Å². The van der Waals surface area contributed by atoms with Crippen LogP contribution in [0, 0.1) is 0 Å². The molecular formula is C25H22N2O3S. The van der Waals surface area contributed by atoms with Gasteiger partial charge in [-0.05, 0) is 71.8 Å². The molecule has 0 aliphatic carbocycles. The second-order valence-corrected chi connectivity index (χ2v) is 7.64. The maximum Gasteiger partial charge on any atom is 0.210 e. The van der Waals surface area contributed by atoms with E-state index in [1.807, 2.05) is 72.8 Å². The van der Waals surface area contributed by atoms with Gasteiger partial charge in [-0.15, -0.1) is 0 Å². The van der Waals surface area contributed by atoms with Crippen molar-refractivity contribution in [3.63, 3.8) is 0 Å². The summed E-state index contributed by atoms with van der Waals surface area (Å²) in [6, 6.07) is 23.6. The fraction of sp³-hybridized carbons (Fsp3) is 0.120. The lowest BCUT2D eigenvalue weighted by molar-refractivity contribution is 0.414. The summed E-state index contributed by atoms with van der Waals surface area (Å²) >= 11 is 1.55. The van der Waals surface area contributed by atoms with Gasteiger partial charge in [-0.2, -0.15) is 0 Å². The van der Waals surface area contributed by atoms with E-state index in [9.17, 15) is 0 Å². The van der Waals surface area contributed by atoms with Crippen LogP contribution in [0.2, 0.25) is 0 Å². The molecule has 0 bridgehead atoms. The first-order valence-electron chi connectivity index (χ1n) is 9.68. The van der Waals surface area contributed by atoms with Crippen LogP contribution in [0.25, 0.3) is 21.7 Å². The molecule has 0 aliphatic rings. The van der Waals surface area contributed by atoms with Crippen molar-refractivity contribution in [1.82, 2.24) is 4.98 Å². The summed E-state index contributed by atoms with van der Waals surface area (Å²) in [5.74, 6) is 2.41. The Morgan fingerprint density at radius 1 is 0.742 bits per heavy atom. The van der Waals surface area contributed by atoms with Crippen molar-refractivity contribution in [3.05, 3.63) is 78.4 Å². The summed E-state index contributed by atoms with van der Waals surface area (Å²) < 4.78 is 15.9. The number of thiazole rings is 1. The summed E-state index contributed by atoms with van der Waals surface area (Å²) in [6.45, 7) is 0. The zero-order valence-electron chi connectivity index (χ0n) is 17.5. The maximum atomic E-state index is 5.30. The van der Waals surface area contributed by atoms with Crippen LogP contribution in [-0.2, 0) is 0 Å². The minimum atomic E-state index is 0.680. The smallest absolute Gasteiger partial charge is 0.210 e. The molecule has 1 aromatic heterocycles. The predicted octanol–water partition coefficient (Wildman–Crippen LogP) is 6.25. The molecule has 0 atom stereocenters. The molecule has 0 fully saturated rings. The van der Waals surface area contributed by atoms with Gasteiger partial charge in [-0.25, -0.2) is 9.98 Å². The highest BCUT2D eigenvalue weighted by atomic mass is 32.1. The van der Waals surface area contributed by atoms with Crippen molar-refractivity contribution >= 4 is 22.7 Å².